The van der Waals surface area contributed by atoms with Gasteiger partial charge in [-0.3, -0.25) is 38.4 Å². The molecule has 4 fully saturated rings. The fraction of sp³-hybridized carbons (Fsp3) is 0.384. The number of nitrogens with one attached hydrogen (secondary N) is 5. The van der Waals surface area contributed by atoms with Gasteiger partial charge in [0.05, 0.1) is 59.2 Å². The molecule has 5 aromatic carbocycles. The van der Waals surface area contributed by atoms with Crippen molar-refractivity contribution in [2.75, 3.05) is 89.1 Å². The number of ether oxygens (including phenoxy) is 8. The number of hydrogen-bond acceptors (Lipinski definition) is 20. The first kappa shape index (κ1) is 95.6. The highest BCUT2D eigenvalue weighted by Gasteiger charge is 2.49. The van der Waals surface area contributed by atoms with Crippen LogP contribution < -0.4 is 45.9 Å². The smallest absolute Gasteiger partial charge is 0.416 e. The lowest BCUT2D eigenvalue weighted by molar-refractivity contribution is -0.199. The number of Topliss-reactive ketones (excluding diaryl/α,β-unsaturated/α-hetero) is 1. The number of nitrogens with zero attached hydrogens (tertiary/aromatic N) is 8. The van der Waals surface area contributed by atoms with Crippen molar-refractivity contribution in [2.24, 2.45) is 28.2 Å². The van der Waals surface area contributed by atoms with E-state index in [9.17, 15) is 47.9 Å². The zero-order chi connectivity index (χ0) is 93.6. The molecule has 9 aromatic rings. The molecule has 15 rings (SSSR count). The van der Waals surface area contributed by atoms with Crippen molar-refractivity contribution in [1.82, 2.24) is 28.1 Å². The molecule has 5 N–H and O–H groups in total. The van der Waals surface area contributed by atoms with Gasteiger partial charge in [0.1, 0.15) is 47.6 Å². The van der Waals surface area contributed by atoms with Gasteiger partial charge in [-0.2, -0.15) is 9.59 Å². The van der Waals surface area contributed by atoms with E-state index in [2.05, 4.69) is 39.7 Å². The van der Waals surface area contributed by atoms with E-state index in [4.69, 9.17) is 47.5 Å². The molecule has 33 heteroatoms. The van der Waals surface area contributed by atoms with Crippen LogP contribution in [0.3, 0.4) is 0 Å². The van der Waals surface area contributed by atoms with Crippen LogP contribution >= 0.6 is 0 Å². The van der Waals surface area contributed by atoms with E-state index < -0.39 is 49.3 Å². The van der Waals surface area contributed by atoms with E-state index in [0.29, 0.717) is 162 Å². The van der Waals surface area contributed by atoms with Crippen LogP contribution in [0.25, 0.3) is 22.3 Å². The molecule has 0 bridgehead atoms. The van der Waals surface area contributed by atoms with Crippen molar-refractivity contribution in [2.45, 2.75) is 167 Å². The number of aromatic nitrogens is 4. The van der Waals surface area contributed by atoms with Gasteiger partial charge in [-0.1, -0.05) is 61.7 Å². The molecule has 6 aliphatic heterocycles. The largest absolute Gasteiger partial charge is 0.493 e. The highest BCUT2D eigenvalue weighted by Crippen LogP contribution is 2.43. The quantitative estimate of drug-likeness (QED) is 0.0206. The van der Waals surface area contributed by atoms with Crippen LogP contribution in [0.4, 0.5) is 49.4 Å². The zero-order valence-corrected chi connectivity index (χ0v) is 75.4. The number of anilines is 7. The van der Waals surface area contributed by atoms with Gasteiger partial charge in [-0.25, -0.2) is 19.4 Å². The molecule has 33 nitrogen and oxygen atoms in total. The minimum atomic E-state index is -0.868. The summed E-state index contributed by atoms with van der Waals surface area (Å²) in [5.74, 6) is -0.852. The third kappa shape index (κ3) is 24.0. The number of aryl methyl sites for hydroxylation is 6. The average Bonchev–Trinajstić information content (AvgIpc) is 1.64. The highest BCUT2D eigenvalue weighted by molar-refractivity contribution is 6.09. The number of carbonyl (C=O) groups is 10. The molecule has 0 saturated carbocycles. The molecule has 4 aromatic heterocycles. The zero-order valence-electron chi connectivity index (χ0n) is 75.4. The predicted molar refractivity (Wildman–Crippen MR) is 494 cm³/mol. The van der Waals surface area contributed by atoms with Crippen molar-refractivity contribution >= 4 is 105 Å². The van der Waals surface area contributed by atoms with Gasteiger partial charge >= 0.3 is 18.3 Å². The number of benzene rings is 5. The van der Waals surface area contributed by atoms with Crippen molar-refractivity contribution in [3.63, 3.8) is 0 Å². The molecule has 4 saturated heterocycles. The summed E-state index contributed by atoms with van der Waals surface area (Å²) >= 11 is 0. The molecule has 0 aliphatic carbocycles. The summed E-state index contributed by atoms with van der Waals surface area (Å²) < 4.78 is 55.8. The lowest BCUT2D eigenvalue weighted by atomic mass is 10.00. The third-order valence-corrected chi connectivity index (χ3v) is 23.6. The SMILES string of the molecule is C=CCOC(=O)N1c2cc(OCCCC(=O)Nc3cc(C(=O)Nc4ccc(-c5cc(C(=O)Nc6ccc(CC(C)=O)cc6)n(C)c5)cc4)n(C)c3)c(C)cc2C(=O)N2CCCC[C@H]2C1OC1CCCCO1.C=CCOC(=O)N1c2cc(OCCCC(=O)Nc3cc(C(=O)Nc4ccc(-c5ccn(C)c5)cc4)n(C)c3)c(C)cc2C(=O)N2CCCC[C@H]2C1OC1CCCCO1.O=C=O. The summed E-state index contributed by atoms with van der Waals surface area (Å²) in [7, 11) is 7.23. The van der Waals surface area contributed by atoms with Gasteiger partial charge < -0.3 is 92.5 Å². The number of rotatable bonds is 30. The molecule has 9 amide bonds. The third-order valence-electron chi connectivity index (χ3n) is 23.6. The second-order valence-corrected chi connectivity index (χ2v) is 33.4. The number of piperidine rings is 2. The van der Waals surface area contributed by atoms with Crippen LogP contribution in [0.1, 0.15) is 179 Å². The van der Waals surface area contributed by atoms with Crippen LogP contribution in [-0.4, -0.2) is 183 Å². The fourth-order valence-corrected chi connectivity index (χ4v) is 17.1. The topological polar surface area (TPSA) is 372 Å². The van der Waals surface area contributed by atoms with Crippen LogP contribution in [-0.2, 0) is 87.0 Å². The van der Waals surface area contributed by atoms with E-state index in [1.54, 1.807) is 114 Å². The van der Waals surface area contributed by atoms with Gasteiger partial charge in [0, 0.05) is 139 Å². The Labute approximate surface area is 765 Å². The van der Waals surface area contributed by atoms with Crippen molar-refractivity contribution in [3.05, 3.63) is 223 Å². The number of amides is 9. The maximum atomic E-state index is 14.2. The normalized spacial score (nSPS) is 17.9. The highest BCUT2D eigenvalue weighted by atomic mass is 16.7. The second kappa shape index (κ2) is 45.0. The Morgan fingerprint density at radius 2 is 0.879 bits per heavy atom. The Bertz CT molecular complexity index is 5710. The predicted octanol–water partition coefficient (Wildman–Crippen LogP) is 15.6. The van der Waals surface area contributed by atoms with Gasteiger partial charge in [-0.15, -0.1) is 0 Å². The summed E-state index contributed by atoms with van der Waals surface area (Å²) in [5.41, 5.74) is 11.4. The van der Waals surface area contributed by atoms with Crippen molar-refractivity contribution < 1.29 is 95.4 Å². The molecular weight excluding hydrogens is 1690 g/mol. The Balaban J connectivity index is 0.000000222. The molecule has 0 radical (unpaired) electrons. The average molecular weight is 1810 g/mol. The monoisotopic (exact) mass is 1800 g/mol. The first-order valence-electron chi connectivity index (χ1n) is 44.5. The standard InChI is InChI=1S/C54H61N7O10.C44H52N6O8.CO2/c1-6-24-70-54(67)61-44-31-47(34(2)27-42(44)52(66)60-23-9-7-12-43(60)53(61)71-49-14-8-10-25-69-49)68-26-11-13-48(63)55-41-30-46(59(5)33-41)51(65)57-40-21-17-37(18-22-40)38-29-45(58(4)32-38)50(64)56-39-19-15-36(16-20-39)28-35(3)62;1-5-21-57-44(54)50-36-26-38(29(2)24-34(36)42(53)49-19-8-6-11-35(49)43(50)58-40-13-7-9-22-56-40)55-23-10-12-39(51)45-33-25-37(48(4)28-33)41(52)46-32-16-14-30(15-17-32)31-18-20-47(3)27-31;2-1-3/h6,15-22,27,29-33,43,49,53H,1,7-14,23-26,28H2,2-5H3,(H,55,63)(H,56,64)(H,57,65);5,14-18,20,24-28,35,40,43H,1,6-13,19,21-23H2,2-4H3,(H,45,51)(H,46,52);/t43-,49?,53?;35-,40?,43?;/m00./s1. The first-order valence-corrected chi connectivity index (χ1v) is 44.5. The molecule has 694 valence electrons. The van der Waals surface area contributed by atoms with Crippen molar-refractivity contribution in [1.29, 1.82) is 0 Å². The Morgan fingerprint density at radius 3 is 1.28 bits per heavy atom. The number of hydrogen-bond donors (Lipinski definition) is 5. The number of fused-ring (bicyclic) bond motifs is 4. The van der Waals surface area contributed by atoms with E-state index in [1.165, 1.54) is 28.9 Å². The second-order valence-electron chi connectivity index (χ2n) is 33.4. The van der Waals surface area contributed by atoms with Gasteiger partial charge in [-0.05, 0) is 217 Å². The molecule has 6 aliphatic rings. The lowest BCUT2D eigenvalue weighted by Crippen LogP contribution is -2.57. The van der Waals surface area contributed by atoms with E-state index in [-0.39, 0.29) is 92.6 Å². The summed E-state index contributed by atoms with van der Waals surface area (Å²) in [6.07, 6.45) is 19.5. The molecule has 4 unspecified atom stereocenters. The molecule has 0 spiro atoms. The fourth-order valence-electron chi connectivity index (χ4n) is 17.1. The Kier molecular flexibility index (Phi) is 32.6. The molecule has 132 heavy (non-hydrogen) atoms. The summed E-state index contributed by atoms with van der Waals surface area (Å²) in [5, 5.41) is 14.5. The lowest BCUT2D eigenvalue weighted by Gasteiger charge is -2.42. The summed E-state index contributed by atoms with van der Waals surface area (Å²) in [6, 6.07) is 35.2. The van der Waals surface area contributed by atoms with E-state index in [1.807, 2.05) is 108 Å². The maximum absolute atomic E-state index is 14.2. The van der Waals surface area contributed by atoms with Crippen LogP contribution in [0.2, 0.25) is 0 Å². The molecule has 6 atom stereocenters. The number of carbonyl (C=O) groups excluding carboxylic acids is 12. The van der Waals surface area contributed by atoms with E-state index >= 15 is 0 Å². The maximum Gasteiger partial charge on any atom is 0.416 e. The minimum absolute atomic E-state index is 0.0155. The molecular formula is C99H113N13O20. The Hall–Kier alpha value is -14.0. The Morgan fingerprint density at radius 1 is 0.470 bits per heavy atom. The van der Waals surface area contributed by atoms with Crippen LogP contribution in [0.15, 0.2) is 178 Å². The summed E-state index contributed by atoms with van der Waals surface area (Å²) in [6.45, 7) is 15.1. The molecule has 10 heterocycles. The van der Waals surface area contributed by atoms with Gasteiger partial charge in [0.25, 0.3) is 29.5 Å². The van der Waals surface area contributed by atoms with Crippen molar-refractivity contribution in [3.8, 4) is 33.8 Å². The number of ketones is 1. The van der Waals surface area contributed by atoms with Gasteiger partial charge in [0.15, 0.2) is 25.0 Å². The van der Waals surface area contributed by atoms with Gasteiger partial charge in [0.2, 0.25) is 11.8 Å². The summed E-state index contributed by atoms with van der Waals surface area (Å²) in [4.78, 5) is 156. The van der Waals surface area contributed by atoms with Crippen LogP contribution in [0, 0.1) is 13.8 Å². The minimum Gasteiger partial charge on any atom is -0.493 e. The first-order chi connectivity index (χ1) is 63.8. The van der Waals surface area contributed by atoms with E-state index in [0.717, 1.165) is 79.2 Å². The van der Waals surface area contributed by atoms with Crippen LogP contribution in [0.5, 0.6) is 11.5 Å².